The van der Waals surface area contributed by atoms with Gasteiger partial charge >= 0.3 is 11.9 Å². The van der Waals surface area contributed by atoms with Crippen molar-refractivity contribution in [2.24, 2.45) is 23.7 Å². The van der Waals surface area contributed by atoms with Gasteiger partial charge in [-0.3, -0.25) is 9.59 Å². The Labute approximate surface area is 124 Å². The molecule has 1 saturated heterocycles. The second-order valence-electron chi connectivity index (χ2n) is 6.62. The zero-order chi connectivity index (χ0) is 14.7. The van der Waals surface area contributed by atoms with Crippen LogP contribution in [-0.4, -0.2) is 11.9 Å². The van der Waals surface area contributed by atoms with Gasteiger partial charge in [0.25, 0.3) is 0 Å². The minimum atomic E-state index is -0.289. The van der Waals surface area contributed by atoms with E-state index in [0.29, 0.717) is 11.8 Å². The number of rotatable bonds is 2. The summed E-state index contributed by atoms with van der Waals surface area (Å²) in [5.74, 6) is 0.208. The lowest BCUT2D eigenvalue weighted by atomic mass is 9.48. The maximum atomic E-state index is 12.2. The molecule has 21 heavy (non-hydrogen) atoms. The van der Waals surface area contributed by atoms with Crippen LogP contribution in [0.3, 0.4) is 0 Å². The Morgan fingerprint density at radius 3 is 1.62 bits per heavy atom. The Morgan fingerprint density at radius 1 is 0.810 bits per heavy atom. The number of hydrogen-bond acceptors (Lipinski definition) is 3. The molecular formula is C18H20O3. The summed E-state index contributed by atoms with van der Waals surface area (Å²) in [6, 6.07) is 8.39. The van der Waals surface area contributed by atoms with Crippen LogP contribution in [0.25, 0.3) is 0 Å². The van der Waals surface area contributed by atoms with Crippen LogP contribution in [0.2, 0.25) is 0 Å². The molecule has 1 aliphatic heterocycles. The van der Waals surface area contributed by atoms with Crippen LogP contribution in [-0.2, 0) is 14.3 Å². The monoisotopic (exact) mass is 284 g/mol. The Hall–Kier alpha value is -1.64. The van der Waals surface area contributed by atoms with Gasteiger partial charge in [-0.1, -0.05) is 51.0 Å². The van der Waals surface area contributed by atoms with Crippen LogP contribution in [0, 0.1) is 23.7 Å². The summed E-state index contributed by atoms with van der Waals surface area (Å²) in [6.45, 7) is 4.40. The van der Waals surface area contributed by atoms with E-state index in [9.17, 15) is 9.59 Å². The zero-order valence-electron chi connectivity index (χ0n) is 12.4. The Bertz CT molecular complexity index is 568. The highest BCUT2D eigenvalue weighted by molar-refractivity contribution is 5.98. The Balaban J connectivity index is 1.95. The number of benzene rings is 1. The average molecular weight is 284 g/mol. The molecule has 3 nitrogen and oxygen atoms in total. The normalized spacial score (nSPS) is 39.9. The van der Waals surface area contributed by atoms with Gasteiger partial charge in [0.2, 0.25) is 0 Å². The second-order valence-corrected chi connectivity index (χ2v) is 6.62. The van der Waals surface area contributed by atoms with E-state index in [2.05, 4.69) is 26.0 Å². The number of fused-ring (bicyclic) bond motifs is 1. The molecule has 3 heteroatoms. The predicted octanol–water partition coefficient (Wildman–Crippen LogP) is 3.25. The summed E-state index contributed by atoms with van der Waals surface area (Å²) >= 11 is 0. The summed E-state index contributed by atoms with van der Waals surface area (Å²) < 4.78 is 5.03. The van der Waals surface area contributed by atoms with Gasteiger partial charge < -0.3 is 4.74 Å². The van der Waals surface area contributed by atoms with Crippen LogP contribution in [0.4, 0.5) is 0 Å². The molecule has 0 unspecified atom stereocenters. The molecule has 2 fully saturated rings. The van der Waals surface area contributed by atoms with Crippen molar-refractivity contribution in [2.75, 3.05) is 0 Å². The van der Waals surface area contributed by atoms with Crippen LogP contribution in [0.15, 0.2) is 24.3 Å². The van der Waals surface area contributed by atoms with Crippen molar-refractivity contribution >= 4 is 11.9 Å². The molecule has 6 atom stereocenters. The van der Waals surface area contributed by atoms with Gasteiger partial charge in [-0.25, -0.2) is 0 Å². The van der Waals surface area contributed by atoms with Gasteiger partial charge in [0.1, 0.15) is 0 Å². The maximum Gasteiger partial charge on any atom is 0.318 e. The van der Waals surface area contributed by atoms with Crippen LogP contribution >= 0.6 is 0 Å². The topological polar surface area (TPSA) is 43.4 Å². The van der Waals surface area contributed by atoms with Crippen molar-refractivity contribution in [1.29, 1.82) is 0 Å². The van der Waals surface area contributed by atoms with Gasteiger partial charge in [-0.05, 0) is 23.0 Å². The summed E-state index contributed by atoms with van der Waals surface area (Å²) in [4.78, 5) is 24.5. The minimum absolute atomic E-state index is 0.157. The van der Waals surface area contributed by atoms with E-state index in [0.717, 1.165) is 12.8 Å². The molecule has 4 aliphatic rings. The number of ether oxygens (including phenoxy) is 1. The third-order valence-electron chi connectivity index (χ3n) is 6.04. The molecule has 0 amide bonds. The van der Waals surface area contributed by atoms with Crippen LogP contribution in [0.5, 0.6) is 0 Å². The first-order valence-corrected chi connectivity index (χ1v) is 8.03. The van der Waals surface area contributed by atoms with Gasteiger partial charge in [0.15, 0.2) is 0 Å². The number of carbonyl (C=O) groups excluding carboxylic acids is 2. The summed E-state index contributed by atoms with van der Waals surface area (Å²) in [7, 11) is 0. The summed E-state index contributed by atoms with van der Waals surface area (Å²) in [5.41, 5.74) is 2.57. The average Bonchev–Trinajstić information content (AvgIpc) is 2.82. The fourth-order valence-corrected chi connectivity index (χ4v) is 5.41. The molecule has 5 rings (SSSR count). The quantitative estimate of drug-likeness (QED) is 0.618. The van der Waals surface area contributed by atoms with Gasteiger partial charge in [-0.15, -0.1) is 0 Å². The van der Waals surface area contributed by atoms with E-state index in [4.69, 9.17) is 4.74 Å². The number of esters is 2. The van der Waals surface area contributed by atoms with Crippen molar-refractivity contribution in [3.05, 3.63) is 35.4 Å². The van der Waals surface area contributed by atoms with Gasteiger partial charge in [0.05, 0.1) is 11.8 Å². The SMILES string of the molecule is CC[C@@H]1[C@H](CC)[C@H]2c3ccccc3[C@H]1[C@H]1C(=O)OC(=O)[C@@H]12. The lowest BCUT2D eigenvalue weighted by molar-refractivity contribution is -0.153. The third-order valence-corrected chi connectivity index (χ3v) is 6.04. The number of carbonyl (C=O) groups is 2. The lowest BCUT2D eigenvalue weighted by Crippen LogP contribution is -2.49. The first-order chi connectivity index (χ1) is 10.2. The van der Waals surface area contributed by atoms with E-state index in [1.54, 1.807) is 0 Å². The molecule has 3 aliphatic carbocycles. The fourth-order valence-electron chi connectivity index (χ4n) is 5.41. The second kappa shape index (κ2) is 4.43. The largest absolute Gasteiger partial charge is 0.393 e. The van der Waals surface area contributed by atoms with Crippen LogP contribution in [0.1, 0.15) is 49.7 Å². The van der Waals surface area contributed by atoms with E-state index < -0.39 is 0 Å². The molecule has 0 spiro atoms. The standard InChI is InChI=1S/C18H20O3/c1-3-9-10(4-2)14-12-8-6-5-7-11(12)13(9)15-16(14)18(20)21-17(15)19/h5-10,13-16H,3-4H2,1-2H3/t9-,10+,13-,14-,15+,16+/m0/s1. The zero-order valence-corrected chi connectivity index (χ0v) is 12.4. The number of hydrogen-bond donors (Lipinski definition) is 0. The summed E-state index contributed by atoms with van der Waals surface area (Å²) in [5, 5.41) is 0. The molecular weight excluding hydrogens is 264 g/mol. The van der Waals surface area contributed by atoms with Gasteiger partial charge in [-0.2, -0.15) is 0 Å². The van der Waals surface area contributed by atoms with E-state index in [-0.39, 0.29) is 35.6 Å². The van der Waals surface area contributed by atoms with Gasteiger partial charge in [0, 0.05) is 11.8 Å². The van der Waals surface area contributed by atoms with Crippen molar-refractivity contribution in [2.45, 2.75) is 38.5 Å². The third kappa shape index (κ3) is 1.49. The molecule has 0 radical (unpaired) electrons. The number of cyclic esters (lactones) is 2. The molecule has 1 heterocycles. The molecule has 2 bridgehead atoms. The lowest BCUT2D eigenvalue weighted by Gasteiger charge is -2.53. The molecule has 1 aromatic carbocycles. The molecule has 1 saturated carbocycles. The first kappa shape index (κ1) is 13.1. The molecule has 110 valence electrons. The molecule has 0 N–H and O–H groups in total. The van der Waals surface area contributed by atoms with Crippen LogP contribution < -0.4 is 0 Å². The Morgan fingerprint density at radius 2 is 1.24 bits per heavy atom. The van der Waals surface area contributed by atoms with Crippen molar-refractivity contribution in [3.63, 3.8) is 0 Å². The van der Waals surface area contributed by atoms with E-state index >= 15 is 0 Å². The highest BCUT2D eigenvalue weighted by Gasteiger charge is 2.63. The smallest absolute Gasteiger partial charge is 0.318 e. The highest BCUT2D eigenvalue weighted by Crippen LogP contribution is 2.64. The van der Waals surface area contributed by atoms with E-state index in [1.165, 1.54) is 11.1 Å². The van der Waals surface area contributed by atoms with Crippen molar-refractivity contribution < 1.29 is 14.3 Å². The fraction of sp³-hybridized carbons (Fsp3) is 0.556. The first-order valence-electron chi connectivity index (χ1n) is 8.03. The van der Waals surface area contributed by atoms with Crippen molar-refractivity contribution in [3.8, 4) is 0 Å². The predicted molar refractivity (Wildman–Crippen MR) is 77.6 cm³/mol. The molecule has 1 aromatic rings. The molecule has 0 aromatic heterocycles. The minimum Gasteiger partial charge on any atom is -0.393 e. The summed E-state index contributed by atoms with van der Waals surface area (Å²) in [6.07, 6.45) is 2.11. The maximum absolute atomic E-state index is 12.2. The highest BCUT2D eigenvalue weighted by atomic mass is 16.6. The van der Waals surface area contributed by atoms with E-state index in [1.807, 2.05) is 12.1 Å². The Kier molecular flexibility index (Phi) is 2.75. The van der Waals surface area contributed by atoms with Crippen molar-refractivity contribution in [1.82, 2.24) is 0 Å².